The Bertz CT molecular complexity index is 604. The monoisotopic (exact) mass is 331 g/mol. The molecule has 1 nitrogen and oxygen atoms in total. The van der Waals surface area contributed by atoms with E-state index in [1.165, 1.54) is 27.8 Å². The minimum atomic E-state index is -0.0612. The van der Waals surface area contributed by atoms with Gasteiger partial charge in [0.05, 0.1) is 6.04 Å². The second-order valence-electron chi connectivity index (χ2n) is 5.17. The van der Waals surface area contributed by atoms with Crippen molar-refractivity contribution in [2.45, 2.75) is 39.7 Å². The largest absolute Gasteiger partial charge is 0.320 e. The van der Waals surface area contributed by atoms with Crippen LogP contribution in [0.25, 0.3) is 0 Å². The third-order valence-corrected chi connectivity index (χ3v) is 4.84. The summed E-state index contributed by atoms with van der Waals surface area (Å²) in [7, 11) is 0. The van der Waals surface area contributed by atoms with E-state index in [0.29, 0.717) is 0 Å². The highest BCUT2D eigenvalue weighted by molar-refractivity contribution is 9.10. The van der Waals surface area contributed by atoms with Crippen LogP contribution in [0, 0.1) is 6.92 Å². The number of halogens is 1. The van der Waals surface area contributed by atoms with E-state index in [-0.39, 0.29) is 6.04 Å². The Kier molecular flexibility index (Phi) is 5.00. The van der Waals surface area contributed by atoms with Crippen molar-refractivity contribution in [3.8, 4) is 0 Å². The van der Waals surface area contributed by atoms with Gasteiger partial charge < -0.3 is 5.73 Å². The summed E-state index contributed by atoms with van der Waals surface area (Å²) in [5.74, 6) is 0. The molecule has 0 fully saturated rings. The molecule has 0 spiro atoms. The Labute approximate surface area is 130 Å². The molecule has 106 valence electrons. The van der Waals surface area contributed by atoms with Crippen LogP contribution in [0.2, 0.25) is 0 Å². The second kappa shape index (κ2) is 6.55. The molecule has 0 saturated carbocycles. The maximum Gasteiger partial charge on any atom is 0.0557 e. The van der Waals surface area contributed by atoms with Crippen molar-refractivity contribution in [1.82, 2.24) is 0 Å². The van der Waals surface area contributed by atoms with Crippen molar-refractivity contribution in [2.24, 2.45) is 5.73 Å². The first kappa shape index (κ1) is 15.3. The number of nitrogens with two attached hydrogens (primary N) is 1. The van der Waals surface area contributed by atoms with Gasteiger partial charge in [-0.2, -0.15) is 0 Å². The van der Waals surface area contributed by atoms with E-state index in [9.17, 15) is 0 Å². The van der Waals surface area contributed by atoms with Gasteiger partial charge in [-0.1, -0.05) is 60.1 Å². The summed E-state index contributed by atoms with van der Waals surface area (Å²) >= 11 is 3.60. The third kappa shape index (κ3) is 2.97. The predicted octanol–water partition coefficient (Wildman–Crippen LogP) is 4.93. The molecule has 0 aromatic heterocycles. The summed E-state index contributed by atoms with van der Waals surface area (Å²) in [6, 6.07) is 12.9. The summed E-state index contributed by atoms with van der Waals surface area (Å²) in [5, 5.41) is 0. The summed E-state index contributed by atoms with van der Waals surface area (Å²) in [5.41, 5.74) is 12.9. The number of benzene rings is 2. The lowest BCUT2D eigenvalue weighted by atomic mass is 9.90. The molecule has 0 aliphatic heterocycles. The molecular formula is C18H22BrN. The second-order valence-corrected chi connectivity index (χ2v) is 6.03. The van der Waals surface area contributed by atoms with Gasteiger partial charge >= 0.3 is 0 Å². The highest BCUT2D eigenvalue weighted by Crippen LogP contribution is 2.30. The van der Waals surface area contributed by atoms with Crippen LogP contribution in [-0.4, -0.2) is 0 Å². The predicted molar refractivity (Wildman–Crippen MR) is 90.1 cm³/mol. The van der Waals surface area contributed by atoms with Gasteiger partial charge in [-0.15, -0.1) is 0 Å². The molecule has 1 atom stereocenters. The van der Waals surface area contributed by atoms with E-state index in [4.69, 9.17) is 5.73 Å². The summed E-state index contributed by atoms with van der Waals surface area (Å²) in [6.07, 6.45) is 2.06. The normalized spacial score (nSPS) is 12.4. The Balaban J connectivity index is 2.51. The van der Waals surface area contributed by atoms with Crippen LogP contribution >= 0.6 is 15.9 Å². The third-order valence-electron chi connectivity index (χ3n) is 3.98. The SMILES string of the molecule is CCc1ccc(CC)c(C(N)c2cccc(Br)c2C)c1. The van der Waals surface area contributed by atoms with Crippen LogP contribution in [0.1, 0.15) is 47.7 Å². The smallest absolute Gasteiger partial charge is 0.0557 e. The van der Waals surface area contributed by atoms with Gasteiger partial charge in [0.25, 0.3) is 0 Å². The molecular weight excluding hydrogens is 310 g/mol. The molecule has 0 saturated heterocycles. The molecule has 0 aliphatic carbocycles. The molecule has 2 rings (SSSR count). The molecule has 2 aromatic rings. The van der Waals surface area contributed by atoms with Crippen molar-refractivity contribution in [3.63, 3.8) is 0 Å². The molecule has 1 unspecified atom stereocenters. The maximum atomic E-state index is 6.57. The number of rotatable bonds is 4. The topological polar surface area (TPSA) is 26.0 Å². The van der Waals surface area contributed by atoms with E-state index < -0.39 is 0 Å². The van der Waals surface area contributed by atoms with Crippen molar-refractivity contribution < 1.29 is 0 Å². The highest BCUT2D eigenvalue weighted by atomic mass is 79.9. The van der Waals surface area contributed by atoms with Gasteiger partial charge in [-0.25, -0.2) is 0 Å². The fourth-order valence-corrected chi connectivity index (χ4v) is 2.99. The lowest BCUT2D eigenvalue weighted by Crippen LogP contribution is -2.16. The van der Waals surface area contributed by atoms with E-state index in [1.807, 2.05) is 0 Å². The van der Waals surface area contributed by atoms with Crippen LogP contribution < -0.4 is 5.73 Å². The highest BCUT2D eigenvalue weighted by Gasteiger charge is 2.16. The molecule has 0 radical (unpaired) electrons. The average Bonchev–Trinajstić information content (AvgIpc) is 2.48. The molecule has 2 N–H and O–H groups in total. The van der Waals surface area contributed by atoms with Gasteiger partial charge in [-0.3, -0.25) is 0 Å². The van der Waals surface area contributed by atoms with Crippen molar-refractivity contribution in [2.75, 3.05) is 0 Å². The lowest BCUT2D eigenvalue weighted by molar-refractivity contribution is 0.836. The standard InChI is InChI=1S/C18H22BrN/c1-4-13-9-10-14(5-2)16(11-13)18(20)15-7-6-8-17(19)12(15)3/h6-11,18H,4-5,20H2,1-3H3. The molecule has 20 heavy (non-hydrogen) atoms. The van der Waals surface area contributed by atoms with E-state index in [2.05, 4.69) is 73.1 Å². The fourth-order valence-electron chi connectivity index (χ4n) is 2.60. The van der Waals surface area contributed by atoms with Crippen LogP contribution in [0.15, 0.2) is 40.9 Å². The molecule has 0 heterocycles. The first-order chi connectivity index (χ1) is 9.58. The molecule has 2 aromatic carbocycles. The minimum Gasteiger partial charge on any atom is -0.320 e. The Morgan fingerprint density at radius 1 is 1.05 bits per heavy atom. The van der Waals surface area contributed by atoms with Crippen LogP contribution in [0.3, 0.4) is 0 Å². The zero-order valence-corrected chi connectivity index (χ0v) is 14.0. The summed E-state index contributed by atoms with van der Waals surface area (Å²) in [4.78, 5) is 0. The van der Waals surface area contributed by atoms with E-state index in [0.717, 1.165) is 17.3 Å². The Morgan fingerprint density at radius 3 is 2.45 bits per heavy atom. The zero-order chi connectivity index (χ0) is 14.7. The number of hydrogen-bond acceptors (Lipinski definition) is 1. The molecule has 2 heteroatoms. The summed E-state index contributed by atoms with van der Waals surface area (Å²) in [6.45, 7) is 6.49. The van der Waals surface area contributed by atoms with E-state index >= 15 is 0 Å². The van der Waals surface area contributed by atoms with Crippen molar-refractivity contribution in [3.05, 3.63) is 68.7 Å². The van der Waals surface area contributed by atoms with Crippen molar-refractivity contribution >= 4 is 15.9 Å². The van der Waals surface area contributed by atoms with Gasteiger partial charge in [0.2, 0.25) is 0 Å². The minimum absolute atomic E-state index is 0.0612. The van der Waals surface area contributed by atoms with Gasteiger partial charge in [0.15, 0.2) is 0 Å². The maximum absolute atomic E-state index is 6.57. The first-order valence-corrected chi connectivity index (χ1v) is 8.00. The van der Waals surface area contributed by atoms with Crippen LogP contribution in [-0.2, 0) is 12.8 Å². The number of aryl methyl sites for hydroxylation is 2. The first-order valence-electron chi connectivity index (χ1n) is 7.20. The zero-order valence-electron chi connectivity index (χ0n) is 12.4. The fraction of sp³-hybridized carbons (Fsp3) is 0.333. The Morgan fingerprint density at radius 2 is 1.80 bits per heavy atom. The van der Waals surface area contributed by atoms with Gasteiger partial charge in [-0.05, 0) is 53.6 Å². The van der Waals surface area contributed by atoms with Crippen LogP contribution in [0.5, 0.6) is 0 Å². The van der Waals surface area contributed by atoms with Crippen molar-refractivity contribution in [1.29, 1.82) is 0 Å². The Hall–Kier alpha value is -1.12. The lowest BCUT2D eigenvalue weighted by Gasteiger charge is -2.20. The van der Waals surface area contributed by atoms with Gasteiger partial charge in [0.1, 0.15) is 0 Å². The average molecular weight is 332 g/mol. The molecule has 0 bridgehead atoms. The van der Waals surface area contributed by atoms with Crippen LogP contribution in [0.4, 0.5) is 0 Å². The molecule has 0 amide bonds. The quantitative estimate of drug-likeness (QED) is 0.844. The number of hydrogen-bond donors (Lipinski definition) is 1. The molecule has 0 aliphatic rings. The van der Waals surface area contributed by atoms with E-state index in [1.54, 1.807) is 0 Å². The van der Waals surface area contributed by atoms with Gasteiger partial charge in [0, 0.05) is 4.47 Å². The summed E-state index contributed by atoms with van der Waals surface area (Å²) < 4.78 is 1.12.